The number of piperidine rings is 1. The van der Waals surface area contributed by atoms with Crippen molar-refractivity contribution in [1.29, 1.82) is 0 Å². The SMILES string of the molecule is CCN1C(=O)[C@@H](CN)CC[C@@H]1C. The summed E-state index contributed by atoms with van der Waals surface area (Å²) in [6.45, 7) is 5.44. The molecule has 0 saturated carbocycles. The second kappa shape index (κ2) is 3.90. The van der Waals surface area contributed by atoms with Crippen LogP contribution in [0.15, 0.2) is 0 Å². The van der Waals surface area contributed by atoms with E-state index in [9.17, 15) is 4.79 Å². The molecule has 1 aliphatic rings. The minimum atomic E-state index is 0.0844. The summed E-state index contributed by atoms with van der Waals surface area (Å²) in [6.07, 6.45) is 2.06. The molecule has 0 radical (unpaired) electrons. The molecule has 0 bridgehead atoms. The lowest BCUT2D eigenvalue weighted by atomic mass is 9.93. The van der Waals surface area contributed by atoms with E-state index < -0.39 is 0 Å². The Morgan fingerprint density at radius 2 is 2.25 bits per heavy atom. The average Bonchev–Trinajstić information content (AvgIpc) is 2.06. The van der Waals surface area contributed by atoms with Crippen LogP contribution in [0.25, 0.3) is 0 Å². The van der Waals surface area contributed by atoms with Crippen LogP contribution in [0.5, 0.6) is 0 Å². The first-order valence-electron chi connectivity index (χ1n) is 4.71. The van der Waals surface area contributed by atoms with Crippen molar-refractivity contribution in [2.45, 2.75) is 32.7 Å². The molecule has 0 aromatic heterocycles. The van der Waals surface area contributed by atoms with Crippen LogP contribution in [0.2, 0.25) is 0 Å². The Hall–Kier alpha value is -0.570. The summed E-state index contributed by atoms with van der Waals surface area (Å²) in [5, 5.41) is 0. The molecule has 12 heavy (non-hydrogen) atoms. The fourth-order valence-electron chi connectivity index (χ4n) is 1.86. The van der Waals surface area contributed by atoms with Crippen LogP contribution in [0.3, 0.4) is 0 Å². The summed E-state index contributed by atoms with van der Waals surface area (Å²) < 4.78 is 0. The topological polar surface area (TPSA) is 46.3 Å². The number of nitrogens with zero attached hydrogens (tertiary/aromatic N) is 1. The van der Waals surface area contributed by atoms with Gasteiger partial charge in [0.05, 0.1) is 5.92 Å². The molecule has 2 N–H and O–H groups in total. The van der Waals surface area contributed by atoms with Crippen molar-refractivity contribution >= 4 is 5.91 Å². The van der Waals surface area contributed by atoms with Crippen LogP contribution < -0.4 is 5.73 Å². The van der Waals surface area contributed by atoms with Gasteiger partial charge in [-0.15, -0.1) is 0 Å². The number of hydrogen-bond acceptors (Lipinski definition) is 2. The van der Waals surface area contributed by atoms with Gasteiger partial charge in [0.2, 0.25) is 5.91 Å². The van der Waals surface area contributed by atoms with Crippen LogP contribution in [0.1, 0.15) is 26.7 Å². The molecule has 1 aliphatic heterocycles. The maximum Gasteiger partial charge on any atom is 0.227 e. The molecule has 3 nitrogen and oxygen atoms in total. The van der Waals surface area contributed by atoms with Gasteiger partial charge in [-0.2, -0.15) is 0 Å². The molecule has 1 heterocycles. The van der Waals surface area contributed by atoms with Gasteiger partial charge < -0.3 is 10.6 Å². The van der Waals surface area contributed by atoms with E-state index in [0.29, 0.717) is 12.6 Å². The zero-order valence-electron chi connectivity index (χ0n) is 7.92. The maximum absolute atomic E-state index is 11.6. The van der Waals surface area contributed by atoms with Gasteiger partial charge in [-0.05, 0) is 26.7 Å². The summed E-state index contributed by atoms with van der Waals surface area (Å²) in [4.78, 5) is 13.6. The van der Waals surface area contributed by atoms with Crippen molar-refractivity contribution in [3.63, 3.8) is 0 Å². The smallest absolute Gasteiger partial charge is 0.227 e. The lowest BCUT2D eigenvalue weighted by molar-refractivity contribution is -0.140. The molecule has 0 aromatic rings. The van der Waals surface area contributed by atoms with Gasteiger partial charge in [-0.3, -0.25) is 4.79 Å². The molecule has 1 rings (SSSR count). The second-order valence-electron chi connectivity index (χ2n) is 3.48. The van der Waals surface area contributed by atoms with Crippen molar-refractivity contribution in [3.05, 3.63) is 0 Å². The fourth-order valence-corrected chi connectivity index (χ4v) is 1.86. The van der Waals surface area contributed by atoms with Gasteiger partial charge in [0, 0.05) is 19.1 Å². The second-order valence-corrected chi connectivity index (χ2v) is 3.48. The van der Waals surface area contributed by atoms with E-state index in [1.807, 2.05) is 11.8 Å². The number of likely N-dealkylation sites (tertiary alicyclic amines) is 1. The third kappa shape index (κ3) is 1.61. The van der Waals surface area contributed by atoms with Crippen LogP contribution in [-0.4, -0.2) is 29.9 Å². The monoisotopic (exact) mass is 170 g/mol. The number of rotatable bonds is 2. The lowest BCUT2D eigenvalue weighted by Gasteiger charge is -2.36. The quantitative estimate of drug-likeness (QED) is 0.659. The molecule has 70 valence electrons. The first-order valence-corrected chi connectivity index (χ1v) is 4.71. The van der Waals surface area contributed by atoms with Crippen molar-refractivity contribution in [2.24, 2.45) is 11.7 Å². The van der Waals surface area contributed by atoms with E-state index in [1.165, 1.54) is 0 Å². The Balaban J connectivity index is 2.63. The average molecular weight is 170 g/mol. The lowest BCUT2D eigenvalue weighted by Crippen LogP contribution is -2.48. The van der Waals surface area contributed by atoms with Gasteiger partial charge in [-0.1, -0.05) is 0 Å². The minimum Gasteiger partial charge on any atom is -0.340 e. The minimum absolute atomic E-state index is 0.0844. The van der Waals surface area contributed by atoms with Gasteiger partial charge in [0.15, 0.2) is 0 Å². The predicted molar refractivity (Wildman–Crippen MR) is 48.6 cm³/mol. The number of carbonyl (C=O) groups is 1. The Bertz CT molecular complexity index is 170. The number of carbonyl (C=O) groups excluding carboxylic acids is 1. The zero-order chi connectivity index (χ0) is 9.14. The molecule has 2 atom stereocenters. The van der Waals surface area contributed by atoms with Crippen molar-refractivity contribution in [1.82, 2.24) is 4.90 Å². The normalized spacial score (nSPS) is 30.9. The first-order chi connectivity index (χ1) is 5.70. The Kier molecular flexibility index (Phi) is 3.09. The standard InChI is InChI=1S/C9H18N2O/c1-3-11-7(2)4-5-8(6-10)9(11)12/h7-8H,3-6,10H2,1-2H3/t7-,8+/m0/s1. The maximum atomic E-state index is 11.6. The summed E-state index contributed by atoms with van der Waals surface area (Å²) in [5.41, 5.74) is 5.51. The molecular formula is C9H18N2O. The van der Waals surface area contributed by atoms with E-state index in [2.05, 4.69) is 6.92 Å². The van der Waals surface area contributed by atoms with Gasteiger partial charge in [-0.25, -0.2) is 0 Å². The third-order valence-electron chi connectivity index (χ3n) is 2.72. The Morgan fingerprint density at radius 3 is 2.75 bits per heavy atom. The number of hydrogen-bond donors (Lipinski definition) is 1. The molecule has 3 heteroatoms. The summed E-state index contributed by atoms with van der Waals surface area (Å²) >= 11 is 0. The summed E-state index contributed by atoms with van der Waals surface area (Å²) in [5.74, 6) is 0.333. The predicted octanol–water partition coefficient (Wildman–Crippen LogP) is 0.592. The fraction of sp³-hybridized carbons (Fsp3) is 0.889. The van der Waals surface area contributed by atoms with Gasteiger partial charge in [0.1, 0.15) is 0 Å². The van der Waals surface area contributed by atoms with Crippen LogP contribution in [0, 0.1) is 5.92 Å². The van der Waals surface area contributed by atoms with Crippen LogP contribution in [-0.2, 0) is 4.79 Å². The first kappa shape index (κ1) is 9.52. The number of amides is 1. The van der Waals surface area contributed by atoms with E-state index in [0.717, 1.165) is 19.4 Å². The Labute approximate surface area is 73.9 Å². The number of nitrogens with two attached hydrogens (primary N) is 1. The zero-order valence-corrected chi connectivity index (χ0v) is 7.92. The van der Waals surface area contributed by atoms with E-state index >= 15 is 0 Å². The largest absolute Gasteiger partial charge is 0.340 e. The van der Waals surface area contributed by atoms with Crippen LogP contribution in [0.4, 0.5) is 0 Å². The van der Waals surface area contributed by atoms with Gasteiger partial charge in [0.25, 0.3) is 0 Å². The van der Waals surface area contributed by atoms with Crippen molar-refractivity contribution in [3.8, 4) is 0 Å². The van der Waals surface area contributed by atoms with E-state index in [-0.39, 0.29) is 11.8 Å². The highest BCUT2D eigenvalue weighted by molar-refractivity contribution is 5.80. The molecule has 0 spiro atoms. The molecule has 1 saturated heterocycles. The molecule has 1 amide bonds. The highest BCUT2D eigenvalue weighted by Crippen LogP contribution is 2.21. The molecule has 1 fully saturated rings. The van der Waals surface area contributed by atoms with Gasteiger partial charge >= 0.3 is 0 Å². The molecule has 0 aliphatic carbocycles. The highest BCUT2D eigenvalue weighted by atomic mass is 16.2. The molecular weight excluding hydrogens is 152 g/mol. The Morgan fingerprint density at radius 1 is 1.58 bits per heavy atom. The summed E-state index contributed by atoms with van der Waals surface area (Å²) in [7, 11) is 0. The van der Waals surface area contributed by atoms with E-state index in [1.54, 1.807) is 0 Å². The van der Waals surface area contributed by atoms with E-state index in [4.69, 9.17) is 5.73 Å². The third-order valence-corrected chi connectivity index (χ3v) is 2.72. The van der Waals surface area contributed by atoms with Crippen LogP contribution >= 0.6 is 0 Å². The summed E-state index contributed by atoms with van der Waals surface area (Å²) in [6, 6.07) is 0.408. The highest BCUT2D eigenvalue weighted by Gasteiger charge is 2.30. The van der Waals surface area contributed by atoms with Crippen molar-refractivity contribution < 1.29 is 4.79 Å². The van der Waals surface area contributed by atoms with Crippen molar-refractivity contribution in [2.75, 3.05) is 13.1 Å². The molecule has 0 aromatic carbocycles. The molecule has 0 unspecified atom stereocenters.